The summed E-state index contributed by atoms with van der Waals surface area (Å²) in [6.07, 6.45) is 1.90. The molecule has 0 aromatic rings. The molecule has 0 spiro atoms. The highest BCUT2D eigenvalue weighted by atomic mass is 32.2. The normalized spacial score (nSPS) is 24.4. The van der Waals surface area contributed by atoms with Gasteiger partial charge in [-0.3, -0.25) is 4.79 Å². The molecule has 2 unspecified atom stereocenters. The summed E-state index contributed by atoms with van der Waals surface area (Å²) < 4.78 is 23.4. The van der Waals surface area contributed by atoms with Gasteiger partial charge in [0.15, 0.2) is 9.84 Å². The topological polar surface area (TPSA) is 75.3 Å². The lowest BCUT2D eigenvalue weighted by Crippen LogP contribution is -2.46. The summed E-state index contributed by atoms with van der Waals surface area (Å²) in [6.45, 7) is 6.73. The number of piperidine rings is 1. The molecule has 1 rings (SSSR count). The lowest BCUT2D eigenvalue weighted by molar-refractivity contribution is -0.121. The second kappa shape index (κ2) is 7.24. The number of carbonyl (C=O) groups is 1. The Labute approximate surface area is 116 Å². The van der Waals surface area contributed by atoms with Crippen LogP contribution >= 0.6 is 0 Å². The van der Waals surface area contributed by atoms with Gasteiger partial charge in [-0.05, 0) is 32.2 Å². The molecule has 0 bridgehead atoms. The Morgan fingerprint density at radius 1 is 1.42 bits per heavy atom. The molecule has 1 aliphatic heterocycles. The summed E-state index contributed by atoms with van der Waals surface area (Å²) >= 11 is 0. The number of carbonyl (C=O) groups excluding carboxylic acids is 1. The zero-order valence-corrected chi connectivity index (χ0v) is 12.9. The fourth-order valence-electron chi connectivity index (χ4n) is 2.40. The number of hydrogen-bond donors (Lipinski definition) is 2. The molecule has 0 saturated carbocycles. The third-order valence-electron chi connectivity index (χ3n) is 3.22. The minimum absolute atomic E-state index is 0.0441. The first kappa shape index (κ1) is 16.4. The van der Waals surface area contributed by atoms with E-state index in [1.807, 2.05) is 13.8 Å². The summed E-state index contributed by atoms with van der Waals surface area (Å²) in [7, 11) is -3.10. The van der Waals surface area contributed by atoms with Gasteiger partial charge in [0, 0.05) is 18.5 Å². The molecule has 2 N–H and O–H groups in total. The third kappa shape index (κ3) is 6.92. The van der Waals surface area contributed by atoms with Gasteiger partial charge in [-0.15, -0.1) is 0 Å². The Bertz CT molecular complexity index is 393. The van der Waals surface area contributed by atoms with Gasteiger partial charge >= 0.3 is 0 Å². The van der Waals surface area contributed by atoms with Crippen molar-refractivity contribution in [1.29, 1.82) is 0 Å². The van der Waals surface area contributed by atoms with E-state index in [1.165, 1.54) is 0 Å². The highest BCUT2D eigenvalue weighted by Crippen LogP contribution is 2.08. The molecule has 0 radical (unpaired) electrons. The third-order valence-corrected chi connectivity index (χ3v) is 5.22. The van der Waals surface area contributed by atoms with Crippen LogP contribution in [0.2, 0.25) is 0 Å². The number of hydrogen-bond acceptors (Lipinski definition) is 4. The van der Waals surface area contributed by atoms with Gasteiger partial charge in [0.2, 0.25) is 5.91 Å². The van der Waals surface area contributed by atoms with Gasteiger partial charge in [0.1, 0.15) is 0 Å². The maximum Gasteiger partial charge on any atom is 0.221 e. The van der Waals surface area contributed by atoms with Crippen molar-refractivity contribution in [3.63, 3.8) is 0 Å². The first-order valence-corrected chi connectivity index (χ1v) is 8.84. The van der Waals surface area contributed by atoms with E-state index in [4.69, 9.17) is 0 Å². The summed E-state index contributed by atoms with van der Waals surface area (Å²) in [5, 5.41) is 6.25. The molecule has 6 heteroatoms. The van der Waals surface area contributed by atoms with E-state index in [-0.39, 0.29) is 35.8 Å². The summed E-state index contributed by atoms with van der Waals surface area (Å²) in [5.74, 6) is 0.0760. The van der Waals surface area contributed by atoms with Crippen molar-refractivity contribution >= 4 is 15.7 Å². The fraction of sp³-hybridized carbons (Fsp3) is 0.923. The second-order valence-electron chi connectivity index (χ2n) is 5.90. The van der Waals surface area contributed by atoms with Gasteiger partial charge in [0.05, 0.1) is 11.5 Å². The van der Waals surface area contributed by atoms with Crippen molar-refractivity contribution in [3.05, 3.63) is 0 Å². The van der Waals surface area contributed by atoms with Crippen LogP contribution in [0.4, 0.5) is 0 Å². The van der Waals surface area contributed by atoms with Crippen LogP contribution in [0.3, 0.4) is 0 Å². The molecule has 19 heavy (non-hydrogen) atoms. The van der Waals surface area contributed by atoms with E-state index in [0.717, 1.165) is 19.4 Å². The molecule has 2 atom stereocenters. The Balaban J connectivity index is 2.31. The van der Waals surface area contributed by atoms with Crippen molar-refractivity contribution < 1.29 is 13.2 Å². The minimum Gasteiger partial charge on any atom is -0.353 e. The molecule has 1 amide bonds. The van der Waals surface area contributed by atoms with Crippen LogP contribution in [0.25, 0.3) is 0 Å². The van der Waals surface area contributed by atoms with Gasteiger partial charge in [-0.25, -0.2) is 8.42 Å². The average molecular weight is 290 g/mol. The predicted octanol–water partition coefficient (Wildman–Crippen LogP) is 0.704. The highest BCUT2D eigenvalue weighted by molar-refractivity contribution is 7.91. The standard InChI is InChI=1S/C13H26N2O3S/c1-10(2)9-19(17,18)7-5-13(16)15-12-4-6-14-11(3)8-12/h10-12,14H,4-9H2,1-3H3,(H,15,16). The molecule has 112 valence electrons. The first-order valence-electron chi connectivity index (χ1n) is 7.01. The SMILES string of the molecule is CC(C)CS(=O)(=O)CCC(=O)NC1CCNC(C)C1. The number of sulfone groups is 1. The van der Waals surface area contributed by atoms with Crippen LogP contribution in [-0.2, 0) is 14.6 Å². The van der Waals surface area contributed by atoms with Gasteiger partial charge in [-0.1, -0.05) is 13.8 Å². The van der Waals surface area contributed by atoms with Crippen LogP contribution < -0.4 is 10.6 Å². The van der Waals surface area contributed by atoms with Crippen LogP contribution in [0, 0.1) is 5.92 Å². The molecular weight excluding hydrogens is 264 g/mol. The van der Waals surface area contributed by atoms with Gasteiger partial charge in [0.25, 0.3) is 0 Å². The van der Waals surface area contributed by atoms with Crippen LogP contribution in [0.1, 0.15) is 40.0 Å². The van der Waals surface area contributed by atoms with E-state index < -0.39 is 9.84 Å². The molecule has 1 fully saturated rings. The quantitative estimate of drug-likeness (QED) is 0.755. The maximum atomic E-state index is 11.8. The molecule has 1 heterocycles. The van der Waals surface area contributed by atoms with Crippen LogP contribution in [-0.4, -0.2) is 44.5 Å². The van der Waals surface area contributed by atoms with E-state index >= 15 is 0 Å². The van der Waals surface area contributed by atoms with E-state index in [9.17, 15) is 13.2 Å². The van der Waals surface area contributed by atoms with Crippen LogP contribution in [0.5, 0.6) is 0 Å². The predicted molar refractivity (Wildman–Crippen MR) is 76.7 cm³/mol. The largest absolute Gasteiger partial charge is 0.353 e. The molecule has 1 aliphatic rings. The molecule has 0 aromatic heterocycles. The summed E-state index contributed by atoms with van der Waals surface area (Å²) in [6, 6.07) is 0.584. The molecule has 5 nitrogen and oxygen atoms in total. The van der Waals surface area contributed by atoms with Gasteiger partial charge < -0.3 is 10.6 Å². The molecule has 1 saturated heterocycles. The highest BCUT2D eigenvalue weighted by Gasteiger charge is 2.21. The molecule has 0 aromatic carbocycles. The lowest BCUT2D eigenvalue weighted by atomic mass is 10.0. The monoisotopic (exact) mass is 290 g/mol. The summed E-state index contributed by atoms with van der Waals surface area (Å²) in [5.41, 5.74) is 0. The Morgan fingerprint density at radius 2 is 2.11 bits per heavy atom. The van der Waals surface area contributed by atoms with E-state index in [2.05, 4.69) is 17.6 Å². The molecule has 0 aliphatic carbocycles. The number of rotatable bonds is 6. The van der Waals surface area contributed by atoms with Crippen molar-refractivity contribution in [3.8, 4) is 0 Å². The zero-order valence-electron chi connectivity index (χ0n) is 12.1. The smallest absolute Gasteiger partial charge is 0.221 e. The first-order chi connectivity index (χ1) is 8.78. The number of amides is 1. The van der Waals surface area contributed by atoms with Crippen molar-refractivity contribution in [1.82, 2.24) is 10.6 Å². The van der Waals surface area contributed by atoms with Gasteiger partial charge in [-0.2, -0.15) is 0 Å². The minimum atomic E-state index is -3.10. The zero-order chi connectivity index (χ0) is 14.5. The fourth-order valence-corrected chi connectivity index (χ4v) is 4.08. The van der Waals surface area contributed by atoms with E-state index in [1.54, 1.807) is 0 Å². The number of nitrogens with one attached hydrogen (secondary N) is 2. The van der Waals surface area contributed by atoms with Crippen molar-refractivity contribution in [2.24, 2.45) is 5.92 Å². The maximum absolute atomic E-state index is 11.8. The molecular formula is C13H26N2O3S. The second-order valence-corrected chi connectivity index (χ2v) is 8.13. The average Bonchev–Trinajstić information content (AvgIpc) is 2.25. The van der Waals surface area contributed by atoms with Crippen molar-refractivity contribution in [2.75, 3.05) is 18.1 Å². The lowest BCUT2D eigenvalue weighted by Gasteiger charge is -2.28. The van der Waals surface area contributed by atoms with Crippen LogP contribution in [0.15, 0.2) is 0 Å². The van der Waals surface area contributed by atoms with E-state index in [0.29, 0.717) is 6.04 Å². The Hall–Kier alpha value is -0.620. The summed E-state index contributed by atoms with van der Waals surface area (Å²) in [4.78, 5) is 11.8. The Morgan fingerprint density at radius 3 is 2.68 bits per heavy atom. The Kier molecular flexibility index (Phi) is 6.26. The van der Waals surface area contributed by atoms with Crippen molar-refractivity contribution in [2.45, 2.75) is 52.1 Å².